The fourth-order valence-corrected chi connectivity index (χ4v) is 2.61. The Hall–Kier alpha value is -1.18. The van der Waals surface area contributed by atoms with Gasteiger partial charge in [0, 0.05) is 25.2 Å². The third kappa shape index (κ3) is 5.54. The molecule has 106 valence electrons. The van der Waals surface area contributed by atoms with Crippen molar-refractivity contribution in [2.45, 2.75) is 31.2 Å². The predicted octanol–water partition coefficient (Wildman–Crippen LogP) is 0.928. The Balaban J connectivity index is 2.55. The molecule has 19 heavy (non-hydrogen) atoms. The molecule has 0 bridgehead atoms. The summed E-state index contributed by atoms with van der Waals surface area (Å²) >= 11 is 5.63. The van der Waals surface area contributed by atoms with Gasteiger partial charge in [0.25, 0.3) is 0 Å². The second-order valence-electron chi connectivity index (χ2n) is 4.18. The second-order valence-corrected chi connectivity index (χ2v) is 6.34. The first kappa shape index (κ1) is 15.9. The average Bonchev–Trinajstić information content (AvgIpc) is 2.27. The van der Waals surface area contributed by atoms with Gasteiger partial charge in [0.05, 0.1) is 4.90 Å². The summed E-state index contributed by atoms with van der Waals surface area (Å²) in [7, 11) is -3.66. The largest absolute Gasteiger partial charge is 0.354 e. The molecule has 0 fully saturated rings. The molecule has 1 aromatic rings. The summed E-state index contributed by atoms with van der Waals surface area (Å²) in [4.78, 5) is 15.1. The Labute approximate surface area is 117 Å². The number of hydrogen-bond acceptors (Lipinski definition) is 4. The fraction of sp³-hybridized carbons (Fsp3) is 0.455. The smallest absolute Gasteiger partial charge is 0.240 e. The SMILES string of the molecule is CC(C)NC(=O)CCNS(=O)(=O)c1ccnc(Cl)c1. The van der Waals surface area contributed by atoms with Gasteiger partial charge in [-0.2, -0.15) is 0 Å². The van der Waals surface area contributed by atoms with Crippen LogP contribution in [0.2, 0.25) is 5.15 Å². The van der Waals surface area contributed by atoms with Crippen LogP contribution in [0.5, 0.6) is 0 Å². The summed E-state index contributed by atoms with van der Waals surface area (Å²) in [6.07, 6.45) is 1.39. The zero-order valence-electron chi connectivity index (χ0n) is 10.7. The van der Waals surface area contributed by atoms with Gasteiger partial charge in [-0.05, 0) is 26.0 Å². The van der Waals surface area contributed by atoms with Gasteiger partial charge in [0.15, 0.2) is 0 Å². The number of halogens is 1. The number of amides is 1. The Morgan fingerprint density at radius 1 is 1.47 bits per heavy atom. The van der Waals surface area contributed by atoms with Gasteiger partial charge in [0.2, 0.25) is 15.9 Å². The highest BCUT2D eigenvalue weighted by Gasteiger charge is 2.14. The fourth-order valence-electron chi connectivity index (χ4n) is 1.33. The molecule has 1 heterocycles. The number of nitrogens with one attached hydrogen (secondary N) is 2. The van der Waals surface area contributed by atoms with E-state index in [1.165, 1.54) is 18.3 Å². The summed E-state index contributed by atoms with van der Waals surface area (Å²) in [6, 6.07) is 2.61. The summed E-state index contributed by atoms with van der Waals surface area (Å²) in [5.74, 6) is -0.203. The molecule has 0 saturated carbocycles. The maximum Gasteiger partial charge on any atom is 0.240 e. The van der Waals surface area contributed by atoms with Crippen LogP contribution in [-0.4, -0.2) is 31.9 Å². The van der Waals surface area contributed by atoms with Crippen molar-refractivity contribution < 1.29 is 13.2 Å². The molecule has 0 saturated heterocycles. The average molecular weight is 306 g/mol. The van der Waals surface area contributed by atoms with Crippen molar-refractivity contribution in [1.29, 1.82) is 0 Å². The lowest BCUT2D eigenvalue weighted by atomic mass is 10.3. The van der Waals surface area contributed by atoms with E-state index in [0.29, 0.717) is 0 Å². The van der Waals surface area contributed by atoms with E-state index in [1.807, 2.05) is 13.8 Å². The molecule has 6 nitrogen and oxygen atoms in total. The zero-order valence-corrected chi connectivity index (χ0v) is 12.3. The maximum atomic E-state index is 11.9. The lowest BCUT2D eigenvalue weighted by Crippen LogP contribution is -2.34. The van der Waals surface area contributed by atoms with Crippen molar-refractivity contribution in [1.82, 2.24) is 15.0 Å². The minimum atomic E-state index is -3.66. The Morgan fingerprint density at radius 3 is 2.74 bits per heavy atom. The van der Waals surface area contributed by atoms with Crippen molar-refractivity contribution in [3.63, 3.8) is 0 Å². The van der Waals surface area contributed by atoms with Crippen molar-refractivity contribution in [2.24, 2.45) is 0 Å². The molecule has 0 radical (unpaired) electrons. The highest BCUT2D eigenvalue weighted by atomic mass is 35.5. The molecule has 0 unspecified atom stereocenters. The van der Waals surface area contributed by atoms with Crippen LogP contribution in [0.25, 0.3) is 0 Å². The van der Waals surface area contributed by atoms with E-state index < -0.39 is 10.0 Å². The van der Waals surface area contributed by atoms with Crippen LogP contribution in [0.3, 0.4) is 0 Å². The highest BCUT2D eigenvalue weighted by molar-refractivity contribution is 7.89. The number of carbonyl (C=O) groups is 1. The van der Waals surface area contributed by atoms with Gasteiger partial charge in [-0.1, -0.05) is 11.6 Å². The molecule has 0 aliphatic heterocycles. The van der Waals surface area contributed by atoms with E-state index in [1.54, 1.807) is 0 Å². The third-order valence-electron chi connectivity index (χ3n) is 2.10. The maximum absolute atomic E-state index is 11.9. The minimum Gasteiger partial charge on any atom is -0.354 e. The van der Waals surface area contributed by atoms with Crippen LogP contribution in [-0.2, 0) is 14.8 Å². The number of rotatable bonds is 6. The van der Waals surface area contributed by atoms with Crippen molar-refractivity contribution in [3.05, 3.63) is 23.5 Å². The van der Waals surface area contributed by atoms with Crippen LogP contribution in [0, 0.1) is 0 Å². The standard InChI is InChI=1S/C11H16ClN3O3S/c1-8(2)15-11(16)4-6-14-19(17,18)9-3-5-13-10(12)7-9/h3,5,7-8,14H,4,6H2,1-2H3,(H,15,16). The Kier molecular flexibility index (Phi) is 5.71. The molecule has 2 N–H and O–H groups in total. The van der Waals surface area contributed by atoms with Gasteiger partial charge in [-0.15, -0.1) is 0 Å². The number of nitrogens with zero attached hydrogens (tertiary/aromatic N) is 1. The summed E-state index contributed by atoms with van der Waals surface area (Å²) in [6.45, 7) is 3.70. The van der Waals surface area contributed by atoms with E-state index in [2.05, 4.69) is 15.0 Å². The van der Waals surface area contributed by atoms with Crippen molar-refractivity contribution >= 4 is 27.5 Å². The lowest BCUT2D eigenvalue weighted by molar-refractivity contribution is -0.121. The quantitative estimate of drug-likeness (QED) is 0.765. The monoisotopic (exact) mass is 305 g/mol. The molecule has 1 rings (SSSR count). The highest BCUT2D eigenvalue weighted by Crippen LogP contribution is 2.12. The molecule has 0 aromatic carbocycles. The van der Waals surface area contributed by atoms with E-state index in [9.17, 15) is 13.2 Å². The molecule has 0 atom stereocenters. The van der Waals surface area contributed by atoms with Crippen LogP contribution >= 0.6 is 11.6 Å². The molecule has 8 heteroatoms. The first-order chi connectivity index (χ1) is 8.81. The summed E-state index contributed by atoms with van der Waals surface area (Å²) < 4.78 is 26.0. The van der Waals surface area contributed by atoms with E-state index >= 15 is 0 Å². The van der Waals surface area contributed by atoms with E-state index in [-0.39, 0.29) is 35.0 Å². The van der Waals surface area contributed by atoms with E-state index in [0.717, 1.165) is 0 Å². The third-order valence-corrected chi connectivity index (χ3v) is 3.77. The molecular weight excluding hydrogens is 290 g/mol. The van der Waals surface area contributed by atoms with Crippen LogP contribution in [0.1, 0.15) is 20.3 Å². The van der Waals surface area contributed by atoms with Crippen LogP contribution < -0.4 is 10.0 Å². The Morgan fingerprint density at radius 2 is 2.16 bits per heavy atom. The van der Waals surface area contributed by atoms with Crippen LogP contribution in [0.4, 0.5) is 0 Å². The summed E-state index contributed by atoms with van der Waals surface area (Å²) in [5, 5.41) is 2.77. The Bertz CT molecular complexity index is 546. The molecule has 0 aliphatic carbocycles. The number of sulfonamides is 1. The molecule has 0 spiro atoms. The minimum absolute atomic E-state index is 0.0248. The molecule has 1 aromatic heterocycles. The van der Waals surface area contributed by atoms with Crippen LogP contribution in [0.15, 0.2) is 23.2 Å². The van der Waals surface area contributed by atoms with Gasteiger partial charge < -0.3 is 5.32 Å². The van der Waals surface area contributed by atoms with Gasteiger partial charge in [-0.25, -0.2) is 18.1 Å². The predicted molar refractivity (Wildman–Crippen MR) is 72.3 cm³/mol. The first-order valence-electron chi connectivity index (χ1n) is 5.72. The van der Waals surface area contributed by atoms with Gasteiger partial charge in [0.1, 0.15) is 5.15 Å². The second kappa shape index (κ2) is 6.83. The molecule has 0 aliphatic rings. The van der Waals surface area contributed by atoms with Crippen molar-refractivity contribution in [2.75, 3.05) is 6.54 Å². The van der Waals surface area contributed by atoms with Gasteiger partial charge >= 0.3 is 0 Å². The lowest BCUT2D eigenvalue weighted by Gasteiger charge is -2.09. The zero-order chi connectivity index (χ0) is 14.5. The molecule has 1 amide bonds. The number of carbonyl (C=O) groups excluding carboxylic acids is 1. The first-order valence-corrected chi connectivity index (χ1v) is 7.58. The topological polar surface area (TPSA) is 88.2 Å². The summed E-state index contributed by atoms with van der Waals surface area (Å²) in [5.41, 5.74) is 0. The number of pyridine rings is 1. The molecular formula is C11H16ClN3O3S. The van der Waals surface area contributed by atoms with E-state index in [4.69, 9.17) is 11.6 Å². The number of aromatic nitrogens is 1. The normalized spacial score (nSPS) is 11.6. The van der Waals surface area contributed by atoms with Crippen molar-refractivity contribution in [3.8, 4) is 0 Å². The number of hydrogen-bond donors (Lipinski definition) is 2. The van der Waals surface area contributed by atoms with Gasteiger partial charge in [-0.3, -0.25) is 4.79 Å².